The van der Waals surface area contributed by atoms with Crippen molar-refractivity contribution in [3.8, 4) is 11.3 Å². The van der Waals surface area contributed by atoms with Crippen LogP contribution in [-0.4, -0.2) is 29.3 Å². The minimum Gasteiger partial charge on any atom is -0.419 e. The Labute approximate surface area is 188 Å². The Bertz CT molecular complexity index is 963. The van der Waals surface area contributed by atoms with E-state index in [1.807, 2.05) is 11.6 Å². The first kappa shape index (κ1) is 24.5. The summed E-state index contributed by atoms with van der Waals surface area (Å²) in [5.41, 5.74) is 0.0482. The van der Waals surface area contributed by atoms with Crippen LogP contribution in [0.2, 0.25) is 0 Å². The zero-order chi connectivity index (χ0) is 21.2. The van der Waals surface area contributed by atoms with Gasteiger partial charge in [0.1, 0.15) is 0 Å². The summed E-state index contributed by atoms with van der Waals surface area (Å²) in [7, 11) is -2.79. The number of halogens is 3. The molecule has 12 heteroatoms. The number of nitrogens with zero attached hydrogens (tertiary/aromatic N) is 2. The molecule has 0 spiro atoms. The van der Waals surface area contributed by atoms with Crippen molar-refractivity contribution < 1.29 is 42.0 Å². The van der Waals surface area contributed by atoms with Crippen molar-refractivity contribution in [3.63, 3.8) is 0 Å². The molecule has 2 atom stereocenters. The molecule has 7 nitrogen and oxygen atoms in total. The van der Waals surface area contributed by atoms with Crippen molar-refractivity contribution >= 4 is 22.4 Å². The first-order valence-corrected chi connectivity index (χ1v) is 10.1. The van der Waals surface area contributed by atoms with E-state index in [0.29, 0.717) is 11.7 Å². The summed E-state index contributed by atoms with van der Waals surface area (Å²) in [6.07, 6.45) is -3.56. The summed E-state index contributed by atoms with van der Waals surface area (Å²) < 4.78 is 63.1. The van der Waals surface area contributed by atoms with E-state index in [2.05, 4.69) is 27.8 Å². The Morgan fingerprint density at radius 1 is 1.20 bits per heavy atom. The van der Waals surface area contributed by atoms with E-state index < -0.39 is 22.6 Å². The van der Waals surface area contributed by atoms with Gasteiger partial charge in [0.25, 0.3) is 0 Å². The number of benzene rings is 1. The third-order valence-corrected chi connectivity index (χ3v) is 5.34. The number of rotatable bonds is 5. The van der Waals surface area contributed by atoms with Crippen LogP contribution in [0.4, 0.5) is 24.7 Å². The van der Waals surface area contributed by atoms with Gasteiger partial charge in [-0.3, -0.25) is 0 Å². The van der Waals surface area contributed by atoms with Gasteiger partial charge < -0.3 is 23.8 Å². The van der Waals surface area contributed by atoms with Crippen molar-refractivity contribution in [3.05, 3.63) is 35.4 Å². The predicted octanol–water partition coefficient (Wildman–Crippen LogP) is 3.51. The van der Waals surface area contributed by atoms with Crippen LogP contribution in [0, 0.1) is 12.8 Å². The molecule has 1 aliphatic heterocycles. The molecule has 0 aliphatic carbocycles. The van der Waals surface area contributed by atoms with Gasteiger partial charge in [-0.15, -0.1) is 10.2 Å². The largest absolute Gasteiger partial charge is 0.419 e. The number of aryl methyl sites for hydroxylation is 1. The zero-order valence-corrected chi connectivity index (χ0v) is 19.7. The fourth-order valence-electron chi connectivity index (χ4n) is 3.24. The minimum atomic E-state index is -4.60. The van der Waals surface area contributed by atoms with Crippen molar-refractivity contribution in [2.24, 2.45) is 5.92 Å². The summed E-state index contributed by atoms with van der Waals surface area (Å²) >= 11 is 0. The zero-order valence-electron chi connectivity index (χ0n) is 16.2. The van der Waals surface area contributed by atoms with E-state index in [0.717, 1.165) is 37.2 Å². The van der Waals surface area contributed by atoms with E-state index >= 15 is 0 Å². The van der Waals surface area contributed by atoms with Gasteiger partial charge in [-0.1, -0.05) is 13.0 Å². The smallest absolute Gasteiger partial charge is 0.416 e. The molecule has 1 fully saturated rings. The van der Waals surface area contributed by atoms with Gasteiger partial charge in [0.2, 0.25) is 0 Å². The summed E-state index contributed by atoms with van der Waals surface area (Å²) in [5.74, 6) is 1.04. The molecule has 165 valence electrons. The van der Waals surface area contributed by atoms with Crippen LogP contribution in [0.25, 0.3) is 11.3 Å². The van der Waals surface area contributed by atoms with Crippen LogP contribution >= 0.6 is 0 Å². The van der Waals surface area contributed by atoms with Crippen molar-refractivity contribution in [1.29, 1.82) is 0 Å². The normalized spacial score (nSPS) is 19.3. The van der Waals surface area contributed by atoms with Gasteiger partial charge in [-0.2, -0.15) is 13.2 Å². The molecule has 0 amide bonds. The summed E-state index contributed by atoms with van der Waals surface area (Å²) in [6, 6.07) is 4.66. The molecule has 0 unspecified atom stereocenters. The van der Waals surface area contributed by atoms with Crippen LogP contribution in [0.15, 0.2) is 24.3 Å². The van der Waals surface area contributed by atoms with Gasteiger partial charge in [0, 0.05) is 55.2 Å². The van der Waals surface area contributed by atoms with Gasteiger partial charge in [0.05, 0.1) is 11.3 Å². The number of nitrogens with one attached hydrogen (secondary N) is 3. The van der Waals surface area contributed by atoms with E-state index in [-0.39, 0.29) is 43.4 Å². The standard InChI is InChI=1S/C18H21F3N5O2S.Re/c1-10-5-6-22-9-16(10)23-17-11(2)7-14(24-25-17)13-4-3-12(18(19,20)21)8-15(13)26-29(27)28;/h3-4,7-8,10,16,22H,5-6,9H2,1-2H3,(H,23,25)(H,26,27,28);/q-1;/t10-,16+;/m1./s1. The van der Waals surface area contributed by atoms with Gasteiger partial charge in [0.15, 0.2) is 5.82 Å². The molecule has 30 heavy (non-hydrogen) atoms. The Morgan fingerprint density at radius 3 is 2.53 bits per heavy atom. The fraction of sp³-hybridized carbons (Fsp3) is 0.444. The van der Waals surface area contributed by atoms with Crippen molar-refractivity contribution in [2.45, 2.75) is 32.5 Å². The second-order valence-corrected chi connectivity index (χ2v) is 7.75. The Hall–Kier alpha value is -1.74. The fourth-order valence-corrected chi connectivity index (χ4v) is 3.58. The Kier molecular flexibility index (Phi) is 8.21. The number of piperidine rings is 1. The first-order chi connectivity index (χ1) is 13.6. The average Bonchev–Trinajstić information content (AvgIpc) is 2.64. The van der Waals surface area contributed by atoms with Crippen LogP contribution in [0.1, 0.15) is 24.5 Å². The molecule has 1 radical (unpaired) electrons. The maximum atomic E-state index is 13.0. The minimum absolute atomic E-state index is 0. The molecule has 0 saturated carbocycles. The third-order valence-electron chi connectivity index (χ3n) is 4.95. The number of anilines is 2. The molecule has 2 heterocycles. The van der Waals surface area contributed by atoms with Crippen molar-refractivity contribution in [1.82, 2.24) is 15.5 Å². The van der Waals surface area contributed by atoms with E-state index in [4.69, 9.17) is 0 Å². The number of hydrogen-bond acceptors (Lipinski definition) is 7. The van der Waals surface area contributed by atoms with Gasteiger partial charge in [-0.25, -0.2) is 0 Å². The van der Waals surface area contributed by atoms with E-state index in [9.17, 15) is 21.6 Å². The average molecular weight is 615 g/mol. The molecule has 3 rings (SSSR count). The third kappa shape index (κ3) is 5.91. The summed E-state index contributed by atoms with van der Waals surface area (Å²) in [6.45, 7) is 5.73. The molecule has 3 N–H and O–H groups in total. The molecule has 1 aromatic carbocycles. The Balaban J connectivity index is 0.00000320. The number of hydrogen-bond donors (Lipinski definition) is 3. The van der Waals surface area contributed by atoms with Gasteiger partial charge >= 0.3 is 6.18 Å². The molecular formula is C18H21F3N5O2ReS-. The second-order valence-electron chi connectivity index (χ2n) is 7.08. The molecule has 1 saturated heterocycles. The summed E-state index contributed by atoms with van der Waals surface area (Å²) in [5, 5.41) is 15.0. The van der Waals surface area contributed by atoms with Gasteiger partial charge in [-0.05, 0) is 49.6 Å². The molecule has 1 aliphatic rings. The van der Waals surface area contributed by atoms with Crippen molar-refractivity contribution in [2.75, 3.05) is 23.1 Å². The topological polar surface area (TPSA) is 96.0 Å². The molecule has 1 aromatic heterocycles. The van der Waals surface area contributed by atoms with E-state index in [1.165, 1.54) is 6.07 Å². The van der Waals surface area contributed by atoms with Crippen LogP contribution in [0.5, 0.6) is 0 Å². The first-order valence-electron chi connectivity index (χ1n) is 9.04. The predicted molar refractivity (Wildman–Crippen MR) is 104 cm³/mol. The maximum absolute atomic E-state index is 13.0. The molecule has 2 aromatic rings. The molecular weight excluding hydrogens is 593 g/mol. The maximum Gasteiger partial charge on any atom is 0.416 e. The summed E-state index contributed by atoms with van der Waals surface area (Å²) in [4.78, 5) is 0. The number of aromatic nitrogens is 2. The SMILES string of the molecule is Cc1cc(-c2ccc(C(F)(F)F)cc2N[S-](=O)=O)nnc1N[C@H]1CNCC[C@H]1C.[Re]. The second kappa shape index (κ2) is 10.0. The Morgan fingerprint density at radius 2 is 1.93 bits per heavy atom. The number of alkyl halides is 3. The van der Waals surface area contributed by atoms with Crippen LogP contribution in [-0.2, 0) is 45.9 Å². The quantitative estimate of drug-likeness (QED) is 0.447. The van der Waals surface area contributed by atoms with E-state index in [1.54, 1.807) is 6.07 Å². The van der Waals surface area contributed by atoms with Crippen LogP contribution in [0.3, 0.4) is 0 Å². The van der Waals surface area contributed by atoms with Crippen LogP contribution < -0.4 is 15.4 Å². The monoisotopic (exact) mass is 615 g/mol. The molecule has 0 bridgehead atoms.